The Labute approximate surface area is 145 Å². The van der Waals surface area contributed by atoms with Crippen LogP contribution in [0.25, 0.3) is 0 Å². The maximum Gasteiger partial charge on any atom is -0.00841 e. The van der Waals surface area contributed by atoms with Crippen molar-refractivity contribution in [1.82, 2.24) is 0 Å². The van der Waals surface area contributed by atoms with Crippen molar-refractivity contribution in [3.8, 4) is 0 Å². The summed E-state index contributed by atoms with van der Waals surface area (Å²) in [6.45, 7) is 0. The van der Waals surface area contributed by atoms with Gasteiger partial charge in [0.15, 0.2) is 0 Å². The molecule has 5 aliphatic rings. The monoisotopic (exact) mass is 314 g/mol. The lowest BCUT2D eigenvalue weighted by Gasteiger charge is -2.45. The molecule has 0 aromatic heterocycles. The van der Waals surface area contributed by atoms with E-state index in [1.165, 1.54) is 38.5 Å². The molecule has 0 fully saturated rings. The van der Waals surface area contributed by atoms with E-state index in [9.17, 15) is 0 Å². The fourth-order valence-corrected chi connectivity index (χ4v) is 5.59. The standard InChI is InChI=1S/C24H26/c1-2-8-17(9-3-1)23-16-24-19-11-5-4-10-18(19)14-15-22(24)20-12-6-7-13-21(20)23/h1-4,7-8,10,13-15,17,19,23-24H,5-6,9,11-12,16H2. The van der Waals surface area contributed by atoms with Gasteiger partial charge in [-0.3, -0.25) is 0 Å². The summed E-state index contributed by atoms with van der Waals surface area (Å²) >= 11 is 0. The molecule has 5 rings (SSSR count). The molecule has 24 heavy (non-hydrogen) atoms. The Morgan fingerprint density at radius 2 is 1.79 bits per heavy atom. The van der Waals surface area contributed by atoms with Gasteiger partial charge in [-0.2, -0.15) is 0 Å². The molecule has 0 bridgehead atoms. The van der Waals surface area contributed by atoms with E-state index in [4.69, 9.17) is 0 Å². The zero-order valence-electron chi connectivity index (χ0n) is 14.3. The van der Waals surface area contributed by atoms with Gasteiger partial charge in [-0.15, -0.1) is 0 Å². The highest BCUT2D eigenvalue weighted by atomic mass is 14.4. The molecular formula is C24H26. The predicted octanol–water partition coefficient (Wildman–Crippen LogP) is 6.23. The molecular weight excluding hydrogens is 288 g/mol. The Morgan fingerprint density at radius 3 is 2.71 bits per heavy atom. The largest absolute Gasteiger partial charge is 0.0842 e. The Hall–Kier alpha value is -1.82. The highest BCUT2D eigenvalue weighted by Gasteiger charge is 2.40. The minimum absolute atomic E-state index is 0.692. The number of hydrogen-bond donors (Lipinski definition) is 0. The molecule has 4 unspecified atom stereocenters. The Balaban J connectivity index is 1.59. The van der Waals surface area contributed by atoms with Crippen LogP contribution in [0.2, 0.25) is 0 Å². The lowest BCUT2D eigenvalue weighted by atomic mass is 9.59. The molecule has 0 aromatic rings. The van der Waals surface area contributed by atoms with Gasteiger partial charge in [-0.25, -0.2) is 0 Å². The molecule has 0 aliphatic heterocycles. The van der Waals surface area contributed by atoms with Gasteiger partial charge >= 0.3 is 0 Å². The zero-order valence-corrected chi connectivity index (χ0v) is 14.3. The van der Waals surface area contributed by atoms with Crippen molar-refractivity contribution in [1.29, 1.82) is 0 Å². The van der Waals surface area contributed by atoms with Crippen LogP contribution in [0, 0.1) is 23.7 Å². The molecule has 0 saturated heterocycles. The first-order valence-corrected chi connectivity index (χ1v) is 9.73. The number of hydrogen-bond acceptors (Lipinski definition) is 0. The first-order valence-electron chi connectivity index (χ1n) is 9.73. The normalized spacial score (nSPS) is 36.7. The van der Waals surface area contributed by atoms with Gasteiger partial charge in [-0.1, -0.05) is 60.8 Å². The van der Waals surface area contributed by atoms with Crippen LogP contribution in [0.5, 0.6) is 0 Å². The average molecular weight is 314 g/mol. The first kappa shape index (κ1) is 14.5. The Kier molecular flexibility index (Phi) is 3.58. The minimum Gasteiger partial charge on any atom is -0.0842 e. The molecule has 0 N–H and O–H groups in total. The molecule has 0 saturated carbocycles. The smallest absolute Gasteiger partial charge is 0.00841 e. The molecule has 0 spiro atoms. The highest BCUT2D eigenvalue weighted by molar-refractivity contribution is 5.53. The summed E-state index contributed by atoms with van der Waals surface area (Å²) in [5.74, 6) is 2.92. The summed E-state index contributed by atoms with van der Waals surface area (Å²) < 4.78 is 0. The van der Waals surface area contributed by atoms with E-state index in [1.54, 1.807) is 22.3 Å². The molecule has 122 valence electrons. The zero-order chi connectivity index (χ0) is 15.9. The maximum atomic E-state index is 2.47. The minimum atomic E-state index is 0.692. The van der Waals surface area contributed by atoms with Gasteiger partial charge in [0.05, 0.1) is 0 Å². The second kappa shape index (κ2) is 5.92. The van der Waals surface area contributed by atoms with E-state index in [0.717, 1.165) is 11.8 Å². The molecule has 0 heteroatoms. The maximum absolute atomic E-state index is 2.47. The topological polar surface area (TPSA) is 0 Å². The quantitative estimate of drug-likeness (QED) is 0.538. The molecule has 0 nitrogen and oxygen atoms in total. The second-order valence-electron chi connectivity index (χ2n) is 7.91. The second-order valence-corrected chi connectivity index (χ2v) is 7.91. The van der Waals surface area contributed by atoms with Crippen molar-refractivity contribution in [2.24, 2.45) is 23.7 Å². The van der Waals surface area contributed by atoms with Gasteiger partial charge in [0, 0.05) is 0 Å². The number of fused-ring (bicyclic) bond motifs is 4. The number of rotatable bonds is 1. The summed E-state index contributed by atoms with van der Waals surface area (Å²) in [5, 5.41) is 0. The third kappa shape index (κ3) is 2.27. The molecule has 0 heterocycles. The van der Waals surface area contributed by atoms with Crippen molar-refractivity contribution in [3.63, 3.8) is 0 Å². The molecule has 0 radical (unpaired) electrons. The summed E-state index contributed by atoms with van der Waals surface area (Å²) in [4.78, 5) is 0. The van der Waals surface area contributed by atoms with E-state index in [2.05, 4.69) is 60.8 Å². The van der Waals surface area contributed by atoms with E-state index < -0.39 is 0 Å². The van der Waals surface area contributed by atoms with Crippen molar-refractivity contribution >= 4 is 0 Å². The van der Waals surface area contributed by atoms with E-state index in [1.807, 2.05) is 0 Å². The van der Waals surface area contributed by atoms with Crippen LogP contribution in [-0.4, -0.2) is 0 Å². The van der Waals surface area contributed by atoms with Gasteiger partial charge < -0.3 is 0 Å². The van der Waals surface area contributed by atoms with Crippen molar-refractivity contribution in [3.05, 3.63) is 83.1 Å². The Morgan fingerprint density at radius 1 is 0.833 bits per heavy atom. The molecule has 0 amide bonds. The van der Waals surface area contributed by atoms with Crippen molar-refractivity contribution in [2.75, 3.05) is 0 Å². The van der Waals surface area contributed by atoms with Gasteiger partial charge in [0.25, 0.3) is 0 Å². The number of allylic oxidation sites excluding steroid dienone is 14. The van der Waals surface area contributed by atoms with E-state index in [-0.39, 0.29) is 0 Å². The van der Waals surface area contributed by atoms with Crippen molar-refractivity contribution < 1.29 is 0 Å². The van der Waals surface area contributed by atoms with Crippen LogP contribution in [0.3, 0.4) is 0 Å². The van der Waals surface area contributed by atoms with E-state index in [0.29, 0.717) is 11.8 Å². The van der Waals surface area contributed by atoms with Crippen LogP contribution in [0.1, 0.15) is 38.5 Å². The van der Waals surface area contributed by atoms with E-state index >= 15 is 0 Å². The molecule has 5 aliphatic carbocycles. The van der Waals surface area contributed by atoms with Gasteiger partial charge in [-0.05, 0) is 84.5 Å². The summed E-state index contributed by atoms with van der Waals surface area (Å²) in [7, 11) is 0. The molecule has 0 aromatic carbocycles. The predicted molar refractivity (Wildman–Crippen MR) is 101 cm³/mol. The molecule has 4 atom stereocenters. The summed E-state index contributed by atoms with van der Waals surface area (Å²) in [6.07, 6.45) is 31.4. The van der Waals surface area contributed by atoms with Gasteiger partial charge in [0.1, 0.15) is 0 Å². The fourth-order valence-electron chi connectivity index (χ4n) is 5.59. The van der Waals surface area contributed by atoms with Crippen LogP contribution < -0.4 is 0 Å². The van der Waals surface area contributed by atoms with Crippen molar-refractivity contribution in [2.45, 2.75) is 38.5 Å². The van der Waals surface area contributed by atoms with Crippen LogP contribution >= 0.6 is 0 Å². The fraction of sp³-hybridized carbons (Fsp3) is 0.417. The lowest BCUT2D eigenvalue weighted by Crippen LogP contribution is -2.33. The van der Waals surface area contributed by atoms with Crippen LogP contribution in [0.15, 0.2) is 83.1 Å². The summed E-state index contributed by atoms with van der Waals surface area (Å²) in [6, 6.07) is 0. The van der Waals surface area contributed by atoms with Crippen LogP contribution in [-0.2, 0) is 0 Å². The third-order valence-corrected chi connectivity index (χ3v) is 6.72. The highest BCUT2D eigenvalue weighted by Crippen LogP contribution is 2.52. The first-order chi connectivity index (χ1) is 11.9. The third-order valence-electron chi connectivity index (χ3n) is 6.72. The Bertz CT molecular complexity index is 747. The summed E-state index contributed by atoms with van der Waals surface area (Å²) in [5.41, 5.74) is 6.64. The SMILES string of the molecule is C1=CCC(C2CC3C(=CC=C4C=CCCC43)C3=C2C=CCC3)C=C1. The van der Waals surface area contributed by atoms with Crippen LogP contribution in [0.4, 0.5) is 0 Å². The van der Waals surface area contributed by atoms with Gasteiger partial charge in [0.2, 0.25) is 0 Å². The average Bonchev–Trinajstić information content (AvgIpc) is 2.67. The lowest BCUT2D eigenvalue weighted by molar-refractivity contribution is 0.289.